The van der Waals surface area contributed by atoms with Crippen molar-refractivity contribution >= 4 is 5.82 Å². The third kappa shape index (κ3) is 4.34. The summed E-state index contributed by atoms with van der Waals surface area (Å²) in [7, 11) is -0.997. The average Bonchev–Trinajstić information content (AvgIpc) is 2.84. The molecule has 8 nitrogen and oxygen atoms in total. The number of ether oxygens (including phenoxy) is 1. The maximum Gasteiger partial charge on any atom is 0.216 e. The molecule has 2 fully saturated rings. The van der Waals surface area contributed by atoms with Crippen molar-refractivity contribution in [3.8, 4) is 34.1 Å². The minimum atomic E-state index is -2.79. The van der Waals surface area contributed by atoms with Gasteiger partial charge >= 0.3 is 0 Å². The molecule has 3 aromatic rings. The molecule has 1 aromatic carbocycles. The summed E-state index contributed by atoms with van der Waals surface area (Å²) in [5, 5.41) is 22.7. The number of methoxy groups -OCH3 is 1. The van der Waals surface area contributed by atoms with Gasteiger partial charge in [0, 0.05) is 30.3 Å². The molecule has 0 radical (unpaired) electrons. The van der Waals surface area contributed by atoms with Crippen LogP contribution in [-0.2, 0) is 0 Å². The van der Waals surface area contributed by atoms with Crippen LogP contribution >= 0.6 is 0 Å². The van der Waals surface area contributed by atoms with Gasteiger partial charge in [-0.2, -0.15) is 9.37 Å². The lowest BCUT2D eigenvalue weighted by Gasteiger charge is -2.56. The number of piperidine rings is 2. The van der Waals surface area contributed by atoms with E-state index >= 15 is 4.39 Å². The highest BCUT2D eigenvalue weighted by Gasteiger charge is 2.53. The number of benzene rings is 1. The van der Waals surface area contributed by atoms with Crippen LogP contribution < -0.4 is 15.0 Å². The predicted octanol–water partition coefficient (Wildman–Crippen LogP) is 4.29. The summed E-state index contributed by atoms with van der Waals surface area (Å²) in [6.45, 7) is 4.08. The van der Waals surface area contributed by atoms with Gasteiger partial charge in [0.05, 0.1) is 29.0 Å². The highest BCUT2D eigenvalue weighted by molar-refractivity contribution is 5.73. The molecule has 0 saturated carbocycles. The fraction of sp³-hybridized carbons (Fsp3) is 0.462. The molecule has 0 spiro atoms. The monoisotopic (exact) mass is 499 g/mol. The van der Waals surface area contributed by atoms with Gasteiger partial charge in [-0.3, -0.25) is 0 Å². The van der Waals surface area contributed by atoms with Crippen LogP contribution in [0.4, 0.5) is 14.6 Å². The zero-order valence-corrected chi connectivity index (χ0v) is 20.3. The summed E-state index contributed by atoms with van der Waals surface area (Å²) in [6.07, 6.45) is 3.77. The first-order valence-electron chi connectivity index (χ1n) is 13.3. The number of aromatic hydroxyl groups is 1. The number of halogens is 2. The van der Waals surface area contributed by atoms with Gasteiger partial charge < -0.3 is 20.1 Å². The topological polar surface area (TPSA) is 96.3 Å². The molecule has 2 bridgehead atoms. The fourth-order valence-corrected chi connectivity index (χ4v) is 5.66. The molecule has 0 aliphatic carbocycles. The number of rotatable bonds is 5. The molecule has 4 heterocycles. The molecule has 36 heavy (non-hydrogen) atoms. The SMILES string of the molecule is [2H]C([2H])([2H])Oc1cc(-c2ccc(-c3ncc(N(C)[C@H]4C[C@]5(C)CCC[C@@](C)(N5)[C@H]4F)nn3)c(O)c2)cc(F)n1. The van der Waals surface area contributed by atoms with Gasteiger partial charge in [0.1, 0.15) is 11.9 Å². The molecule has 190 valence electrons. The van der Waals surface area contributed by atoms with E-state index in [1.54, 1.807) is 24.1 Å². The van der Waals surface area contributed by atoms with Crippen molar-refractivity contribution in [3.63, 3.8) is 0 Å². The van der Waals surface area contributed by atoms with Crippen molar-refractivity contribution in [2.45, 2.75) is 62.8 Å². The number of hydrogen-bond acceptors (Lipinski definition) is 8. The second kappa shape index (κ2) is 8.92. The summed E-state index contributed by atoms with van der Waals surface area (Å²) in [6, 6.07) is 6.47. The Hall–Kier alpha value is -3.40. The fourth-order valence-electron chi connectivity index (χ4n) is 5.66. The van der Waals surface area contributed by atoms with Crippen LogP contribution in [0, 0.1) is 5.95 Å². The van der Waals surface area contributed by atoms with Crippen LogP contribution in [0.2, 0.25) is 0 Å². The van der Waals surface area contributed by atoms with Gasteiger partial charge in [0.2, 0.25) is 11.8 Å². The second-order valence-corrected chi connectivity index (χ2v) is 10.2. The zero-order valence-electron chi connectivity index (χ0n) is 23.3. The smallest absolute Gasteiger partial charge is 0.216 e. The first-order valence-corrected chi connectivity index (χ1v) is 11.8. The van der Waals surface area contributed by atoms with Crippen molar-refractivity contribution in [2.75, 3.05) is 19.0 Å². The largest absolute Gasteiger partial charge is 0.507 e. The lowest BCUT2D eigenvalue weighted by molar-refractivity contribution is 0.00193. The summed E-state index contributed by atoms with van der Waals surface area (Å²) < 4.78 is 55.9. The normalized spacial score (nSPS) is 29.1. The van der Waals surface area contributed by atoms with Gasteiger partial charge in [0.25, 0.3) is 0 Å². The number of phenols is 1. The molecule has 2 N–H and O–H groups in total. The van der Waals surface area contributed by atoms with Crippen LogP contribution in [0.3, 0.4) is 0 Å². The Morgan fingerprint density at radius 3 is 2.75 bits per heavy atom. The van der Waals surface area contributed by atoms with Crippen molar-refractivity contribution in [1.29, 1.82) is 0 Å². The third-order valence-electron chi connectivity index (χ3n) is 7.47. The minimum absolute atomic E-state index is 0.153. The van der Waals surface area contributed by atoms with Crippen molar-refractivity contribution in [2.24, 2.45) is 0 Å². The Morgan fingerprint density at radius 2 is 2.03 bits per heavy atom. The average molecular weight is 500 g/mol. The van der Waals surface area contributed by atoms with E-state index < -0.39 is 36.6 Å². The Balaban J connectivity index is 1.36. The van der Waals surface area contributed by atoms with E-state index in [0.29, 0.717) is 17.8 Å². The van der Waals surface area contributed by atoms with E-state index in [1.165, 1.54) is 18.3 Å². The van der Waals surface area contributed by atoms with Gasteiger partial charge in [-0.15, -0.1) is 10.2 Å². The summed E-state index contributed by atoms with van der Waals surface area (Å²) >= 11 is 0. The number of pyridine rings is 1. The molecule has 5 rings (SSSR count). The molecule has 2 aromatic heterocycles. The van der Waals surface area contributed by atoms with E-state index in [0.717, 1.165) is 25.3 Å². The number of fused-ring (bicyclic) bond motifs is 2. The van der Waals surface area contributed by atoms with Crippen LogP contribution in [0.5, 0.6) is 11.6 Å². The van der Waals surface area contributed by atoms with Gasteiger partial charge in [0.15, 0.2) is 11.6 Å². The summed E-state index contributed by atoms with van der Waals surface area (Å²) in [5.74, 6) is -0.956. The number of nitrogens with zero attached hydrogens (tertiary/aromatic N) is 5. The lowest BCUT2D eigenvalue weighted by Crippen LogP contribution is -2.72. The molecule has 2 aliphatic rings. The highest BCUT2D eigenvalue weighted by atomic mass is 19.1. The molecular formula is C26H30F2N6O2. The lowest BCUT2D eigenvalue weighted by atomic mass is 9.68. The maximum absolute atomic E-state index is 15.6. The van der Waals surface area contributed by atoms with E-state index in [4.69, 9.17) is 8.85 Å². The number of alkyl halides is 1. The molecule has 10 heteroatoms. The Kier molecular flexibility index (Phi) is 5.14. The van der Waals surface area contributed by atoms with E-state index in [9.17, 15) is 9.50 Å². The van der Waals surface area contributed by atoms with Gasteiger partial charge in [-0.25, -0.2) is 9.37 Å². The van der Waals surface area contributed by atoms with Crippen molar-refractivity contribution in [1.82, 2.24) is 25.5 Å². The first kappa shape index (κ1) is 20.8. The van der Waals surface area contributed by atoms with Crippen molar-refractivity contribution in [3.05, 3.63) is 42.5 Å². The van der Waals surface area contributed by atoms with E-state index in [-0.39, 0.29) is 28.2 Å². The predicted molar refractivity (Wildman–Crippen MR) is 132 cm³/mol. The number of nitrogens with one attached hydrogen (secondary N) is 1. The third-order valence-corrected chi connectivity index (χ3v) is 7.47. The summed E-state index contributed by atoms with van der Waals surface area (Å²) in [5.41, 5.74) is 0.184. The second-order valence-electron chi connectivity index (χ2n) is 10.2. The summed E-state index contributed by atoms with van der Waals surface area (Å²) in [4.78, 5) is 9.60. The standard InChI is InChI=1S/C26H30F2N6O2/c1-25-8-5-9-26(2,33-25)23(28)18(13-25)34(3)21-14-29-24(32-31-21)17-7-6-15(10-19(17)35)16-11-20(27)30-22(12-16)36-4/h6-7,10-12,14,18,23,33,35H,5,8-9,13H2,1-4H3/t18-,23-,25-,26+/m0/s1/i4D3. The van der Waals surface area contributed by atoms with Gasteiger partial charge in [-0.1, -0.05) is 6.07 Å². The Bertz CT molecular complexity index is 1380. The van der Waals surface area contributed by atoms with Crippen LogP contribution in [0.25, 0.3) is 22.5 Å². The number of anilines is 1. The number of aromatic nitrogens is 4. The number of hydrogen-bond donors (Lipinski definition) is 2. The zero-order chi connectivity index (χ0) is 28.2. The minimum Gasteiger partial charge on any atom is -0.507 e. The van der Waals surface area contributed by atoms with E-state index in [2.05, 4.69) is 32.4 Å². The molecule has 0 unspecified atom stereocenters. The molecule has 2 saturated heterocycles. The maximum atomic E-state index is 15.6. The van der Waals surface area contributed by atoms with Crippen molar-refractivity contribution < 1.29 is 22.7 Å². The Morgan fingerprint density at radius 1 is 1.19 bits per heavy atom. The van der Waals surface area contributed by atoms with Crippen LogP contribution in [0.1, 0.15) is 43.6 Å². The van der Waals surface area contributed by atoms with E-state index in [1.807, 2.05) is 6.92 Å². The van der Waals surface area contributed by atoms with Crippen LogP contribution in [-0.4, -0.2) is 62.6 Å². The van der Waals surface area contributed by atoms with Crippen LogP contribution in [0.15, 0.2) is 36.5 Å². The van der Waals surface area contributed by atoms with Gasteiger partial charge in [-0.05, 0) is 62.8 Å². The first-order chi connectivity index (χ1) is 18.3. The quantitative estimate of drug-likeness (QED) is 0.502. The highest BCUT2D eigenvalue weighted by Crippen LogP contribution is 2.43. The molecule has 0 amide bonds. The molecular weight excluding hydrogens is 466 g/mol. The molecule has 2 aliphatic heterocycles. The Labute approximate surface area is 213 Å². The molecule has 4 atom stereocenters. The number of phenolic OH excluding ortho intramolecular Hbond substituents is 1.